The van der Waals surface area contributed by atoms with E-state index < -0.39 is 12.1 Å². The van der Waals surface area contributed by atoms with Crippen molar-refractivity contribution in [1.29, 1.82) is 0 Å². The average Bonchev–Trinajstić information content (AvgIpc) is 2.44. The van der Waals surface area contributed by atoms with Gasteiger partial charge in [-0.3, -0.25) is 4.79 Å². The Morgan fingerprint density at radius 2 is 2.33 bits per heavy atom. The molecule has 0 fully saturated rings. The highest BCUT2D eigenvalue weighted by atomic mass is 79.9. The molecule has 0 aliphatic carbocycles. The second-order valence-electron chi connectivity index (χ2n) is 3.37. The van der Waals surface area contributed by atoms with Crippen LogP contribution in [0.1, 0.15) is 35.1 Å². The predicted molar refractivity (Wildman–Crippen MR) is 63.2 cm³/mol. The van der Waals surface area contributed by atoms with Crippen LogP contribution in [0.2, 0.25) is 0 Å². The molecule has 5 heteroatoms. The summed E-state index contributed by atoms with van der Waals surface area (Å²) in [6.45, 7) is 1.98. The molecular formula is C10H13BrO3S. The monoisotopic (exact) mass is 292 g/mol. The minimum absolute atomic E-state index is 0.110. The van der Waals surface area contributed by atoms with E-state index in [9.17, 15) is 9.90 Å². The van der Waals surface area contributed by atoms with Crippen molar-refractivity contribution in [1.82, 2.24) is 0 Å². The molecule has 1 aromatic rings. The van der Waals surface area contributed by atoms with E-state index in [1.807, 2.05) is 13.0 Å². The lowest BCUT2D eigenvalue weighted by atomic mass is 10.1. The molecule has 1 atom stereocenters. The zero-order valence-corrected chi connectivity index (χ0v) is 10.8. The van der Waals surface area contributed by atoms with Crippen molar-refractivity contribution >= 4 is 33.2 Å². The van der Waals surface area contributed by atoms with Gasteiger partial charge in [-0.05, 0) is 41.8 Å². The maximum atomic E-state index is 10.3. The number of carboxylic acid groups (broad SMARTS) is 1. The van der Waals surface area contributed by atoms with Crippen molar-refractivity contribution in [3.8, 4) is 0 Å². The summed E-state index contributed by atoms with van der Waals surface area (Å²) in [6.07, 6.45) is 0.543. The van der Waals surface area contributed by atoms with Gasteiger partial charge in [0.15, 0.2) is 0 Å². The first-order valence-electron chi connectivity index (χ1n) is 4.66. The summed E-state index contributed by atoms with van der Waals surface area (Å²) in [5, 5.41) is 18.3. The van der Waals surface area contributed by atoms with Crippen LogP contribution in [0.3, 0.4) is 0 Å². The van der Waals surface area contributed by atoms with Gasteiger partial charge in [-0.15, -0.1) is 11.3 Å². The minimum Gasteiger partial charge on any atom is -0.481 e. The highest BCUT2D eigenvalue weighted by Crippen LogP contribution is 2.34. The molecule has 15 heavy (non-hydrogen) atoms. The summed E-state index contributed by atoms with van der Waals surface area (Å²) in [6, 6.07) is 1.96. The summed E-state index contributed by atoms with van der Waals surface area (Å²) in [4.78, 5) is 12.3. The number of rotatable bonds is 5. The first-order valence-corrected chi connectivity index (χ1v) is 6.27. The number of carbonyl (C=O) groups is 1. The van der Waals surface area contributed by atoms with Gasteiger partial charge in [-0.2, -0.15) is 0 Å². The van der Waals surface area contributed by atoms with Crippen LogP contribution in [-0.2, 0) is 4.79 Å². The molecule has 0 amide bonds. The molecule has 0 aromatic carbocycles. The number of carboxylic acids is 1. The molecular weight excluding hydrogens is 280 g/mol. The Labute approximate surface area is 101 Å². The van der Waals surface area contributed by atoms with Crippen LogP contribution in [0, 0.1) is 6.92 Å². The minimum atomic E-state index is -0.816. The van der Waals surface area contributed by atoms with E-state index in [4.69, 9.17) is 5.11 Å². The molecule has 0 saturated carbocycles. The molecule has 2 N–H and O–H groups in total. The van der Waals surface area contributed by atoms with Crippen molar-refractivity contribution in [2.24, 2.45) is 0 Å². The lowest BCUT2D eigenvalue weighted by molar-refractivity contribution is -0.137. The van der Waals surface area contributed by atoms with Crippen LogP contribution in [-0.4, -0.2) is 16.2 Å². The number of hydrogen-bond donors (Lipinski definition) is 2. The Hall–Kier alpha value is -0.390. The standard InChI is InChI=1S/C10H13BrO3S/c1-6-5-7(11)10(15-6)8(12)3-2-4-9(13)14/h5,8,12H,2-4H2,1H3,(H,13,14). The van der Waals surface area contributed by atoms with Gasteiger partial charge in [0.05, 0.1) is 6.10 Å². The van der Waals surface area contributed by atoms with Gasteiger partial charge in [0.25, 0.3) is 0 Å². The van der Waals surface area contributed by atoms with E-state index in [-0.39, 0.29) is 6.42 Å². The van der Waals surface area contributed by atoms with Crippen molar-refractivity contribution in [2.75, 3.05) is 0 Å². The topological polar surface area (TPSA) is 57.5 Å². The molecule has 84 valence electrons. The number of aryl methyl sites for hydroxylation is 1. The molecule has 1 heterocycles. The van der Waals surface area contributed by atoms with Gasteiger partial charge in [-0.25, -0.2) is 0 Å². The number of aliphatic hydroxyl groups excluding tert-OH is 1. The third-order valence-electron chi connectivity index (χ3n) is 2.01. The zero-order valence-electron chi connectivity index (χ0n) is 8.36. The van der Waals surface area contributed by atoms with Gasteiger partial charge in [0.1, 0.15) is 0 Å². The fraction of sp³-hybridized carbons (Fsp3) is 0.500. The van der Waals surface area contributed by atoms with Crippen LogP contribution >= 0.6 is 27.3 Å². The van der Waals surface area contributed by atoms with Crippen LogP contribution in [0.4, 0.5) is 0 Å². The molecule has 3 nitrogen and oxygen atoms in total. The number of aliphatic carboxylic acids is 1. The highest BCUT2D eigenvalue weighted by Gasteiger charge is 2.14. The maximum Gasteiger partial charge on any atom is 0.303 e. The van der Waals surface area contributed by atoms with E-state index in [1.54, 1.807) is 0 Å². The van der Waals surface area contributed by atoms with Crippen molar-refractivity contribution in [3.05, 3.63) is 20.3 Å². The Balaban J connectivity index is 2.50. The van der Waals surface area contributed by atoms with Gasteiger partial charge < -0.3 is 10.2 Å². The van der Waals surface area contributed by atoms with Gasteiger partial charge >= 0.3 is 5.97 Å². The summed E-state index contributed by atoms with van der Waals surface area (Å²) < 4.78 is 0.910. The number of hydrogen-bond acceptors (Lipinski definition) is 3. The third kappa shape index (κ3) is 3.93. The van der Waals surface area contributed by atoms with Crippen molar-refractivity contribution < 1.29 is 15.0 Å². The lowest BCUT2D eigenvalue weighted by Gasteiger charge is -2.07. The van der Waals surface area contributed by atoms with E-state index in [2.05, 4.69) is 15.9 Å². The molecule has 0 bridgehead atoms. The summed E-state index contributed by atoms with van der Waals surface area (Å²) >= 11 is 4.91. The first-order chi connectivity index (χ1) is 7.00. The Morgan fingerprint density at radius 3 is 2.80 bits per heavy atom. The van der Waals surface area contributed by atoms with Crippen molar-refractivity contribution in [2.45, 2.75) is 32.3 Å². The molecule has 1 aromatic heterocycles. The van der Waals surface area contributed by atoms with Crippen LogP contribution in [0.5, 0.6) is 0 Å². The SMILES string of the molecule is Cc1cc(Br)c(C(O)CCCC(=O)O)s1. The third-order valence-corrected chi connectivity index (χ3v) is 4.08. The van der Waals surface area contributed by atoms with E-state index in [0.29, 0.717) is 12.8 Å². The molecule has 1 rings (SSSR count). The van der Waals surface area contributed by atoms with Crippen LogP contribution < -0.4 is 0 Å². The normalized spacial score (nSPS) is 12.7. The molecule has 0 aliphatic rings. The summed E-state index contributed by atoms with van der Waals surface area (Å²) in [5.74, 6) is -0.816. The van der Waals surface area contributed by atoms with E-state index >= 15 is 0 Å². The van der Waals surface area contributed by atoms with E-state index in [0.717, 1.165) is 14.2 Å². The Bertz CT molecular complexity index is 348. The van der Waals surface area contributed by atoms with Gasteiger partial charge in [-0.1, -0.05) is 0 Å². The quantitative estimate of drug-likeness (QED) is 0.877. The fourth-order valence-corrected chi connectivity index (χ4v) is 3.24. The first kappa shape index (κ1) is 12.7. The molecule has 0 aliphatic heterocycles. The van der Waals surface area contributed by atoms with Crippen molar-refractivity contribution in [3.63, 3.8) is 0 Å². The highest BCUT2D eigenvalue weighted by molar-refractivity contribution is 9.10. The predicted octanol–water partition coefficient (Wildman–Crippen LogP) is 3.11. The average molecular weight is 293 g/mol. The fourth-order valence-electron chi connectivity index (χ4n) is 1.31. The second kappa shape index (κ2) is 5.63. The van der Waals surface area contributed by atoms with Gasteiger partial charge in [0.2, 0.25) is 0 Å². The Kier molecular flexibility index (Phi) is 4.76. The zero-order chi connectivity index (χ0) is 11.4. The van der Waals surface area contributed by atoms with E-state index in [1.165, 1.54) is 11.3 Å². The molecule has 0 spiro atoms. The van der Waals surface area contributed by atoms with Crippen LogP contribution in [0.15, 0.2) is 10.5 Å². The molecule has 0 radical (unpaired) electrons. The second-order valence-corrected chi connectivity index (χ2v) is 5.51. The lowest BCUT2D eigenvalue weighted by Crippen LogP contribution is -1.99. The van der Waals surface area contributed by atoms with Crippen LogP contribution in [0.25, 0.3) is 0 Å². The summed E-state index contributed by atoms with van der Waals surface area (Å²) in [7, 11) is 0. The maximum absolute atomic E-state index is 10.3. The molecule has 0 saturated heterocycles. The Morgan fingerprint density at radius 1 is 1.67 bits per heavy atom. The van der Waals surface area contributed by atoms with Gasteiger partial charge in [0, 0.05) is 20.6 Å². The summed E-state index contributed by atoms with van der Waals surface area (Å²) in [5.41, 5.74) is 0. The number of thiophene rings is 1. The largest absolute Gasteiger partial charge is 0.481 e. The number of aliphatic hydroxyl groups is 1. The smallest absolute Gasteiger partial charge is 0.303 e. The number of halogens is 1. The molecule has 1 unspecified atom stereocenters.